The molecule has 0 saturated carbocycles. The summed E-state index contributed by atoms with van der Waals surface area (Å²) in [5, 5.41) is 14.2. The Morgan fingerprint density at radius 2 is 2.23 bits per heavy atom. The van der Waals surface area contributed by atoms with Crippen molar-refractivity contribution >= 4 is 22.4 Å². The van der Waals surface area contributed by atoms with Crippen LogP contribution in [0.1, 0.15) is 31.2 Å². The molecule has 3 rings (SSSR count). The van der Waals surface area contributed by atoms with Crippen molar-refractivity contribution in [2.24, 2.45) is 5.92 Å². The predicted molar refractivity (Wildman–Crippen MR) is 105 cm³/mol. The van der Waals surface area contributed by atoms with Gasteiger partial charge in [0.25, 0.3) is 0 Å². The Morgan fingerprint density at radius 3 is 2.96 bits per heavy atom. The molecule has 1 amide bonds. The van der Waals surface area contributed by atoms with E-state index < -0.39 is 0 Å². The quantitative estimate of drug-likeness (QED) is 0.783. The van der Waals surface area contributed by atoms with Crippen LogP contribution in [-0.2, 0) is 4.79 Å². The molecule has 5 nitrogen and oxygen atoms in total. The number of pyridine rings is 1. The minimum Gasteiger partial charge on any atom is -0.506 e. The first kappa shape index (κ1) is 18.4. The van der Waals surface area contributed by atoms with Gasteiger partial charge in [-0.3, -0.25) is 9.78 Å². The number of allylic oxidation sites excluding steroid dienone is 2. The van der Waals surface area contributed by atoms with Crippen LogP contribution in [0.4, 0.5) is 0 Å². The number of carbonyl (C=O) groups excluding carboxylic acids is 1. The summed E-state index contributed by atoms with van der Waals surface area (Å²) >= 11 is 0. The molecule has 1 aromatic heterocycles. The third-order valence-electron chi connectivity index (χ3n) is 4.92. The summed E-state index contributed by atoms with van der Waals surface area (Å²) in [6, 6.07) is 7.68. The van der Waals surface area contributed by atoms with Gasteiger partial charge in [-0.2, -0.15) is 0 Å². The second-order valence-corrected chi connectivity index (χ2v) is 7.22. The highest BCUT2D eigenvalue weighted by molar-refractivity contribution is 5.88. The van der Waals surface area contributed by atoms with E-state index in [0.29, 0.717) is 5.52 Å². The number of benzene rings is 1. The molecule has 0 aliphatic heterocycles. The van der Waals surface area contributed by atoms with Crippen LogP contribution in [0.15, 0.2) is 36.5 Å². The Bertz CT molecular complexity index is 814. The third kappa shape index (κ3) is 4.41. The molecule has 0 spiro atoms. The van der Waals surface area contributed by atoms with E-state index in [9.17, 15) is 9.90 Å². The fourth-order valence-corrected chi connectivity index (χ4v) is 3.44. The van der Waals surface area contributed by atoms with Gasteiger partial charge in [-0.25, -0.2) is 0 Å². The number of phenolic OH excluding ortho intramolecular Hbond substituents is 1. The Hall–Kier alpha value is -2.40. The number of hydrogen-bond acceptors (Lipinski definition) is 4. The highest BCUT2D eigenvalue weighted by atomic mass is 16.3. The molecule has 1 unspecified atom stereocenters. The van der Waals surface area contributed by atoms with Crippen LogP contribution < -0.4 is 5.32 Å². The molecule has 0 fully saturated rings. The Labute approximate surface area is 154 Å². The van der Waals surface area contributed by atoms with Gasteiger partial charge in [-0.15, -0.1) is 0 Å². The normalized spacial score (nSPS) is 17.3. The van der Waals surface area contributed by atoms with Gasteiger partial charge in [0.05, 0.1) is 0 Å². The van der Waals surface area contributed by atoms with Gasteiger partial charge in [0.1, 0.15) is 11.3 Å². The summed E-state index contributed by atoms with van der Waals surface area (Å²) in [6.45, 7) is 1.71. The summed E-state index contributed by atoms with van der Waals surface area (Å²) in [5.74, 6) is 0.415. The van der Waals surface area contributed by atoms with E-state index in [0.717, 1.165) is 49.7 Å². The number of nitrogens with one attached hydrogen (secondary N) is 1. The zero-order valence-corrected chi connectivity index (χ0v) is 15.5. The Kier molecular flexibility index (Phi) is 5.89. The van der Waals surface area contributed by atoms with E-state index in [1.54, 1.807) is 12.3 Å². The minimum atomic E-state index is 0.0498. The van der Waals surface area contributed by atoms with Gasteiger partial charge >= 0.3 is 0 Å². The molecule has 5 heteroatoms. The van der Waals surface area contributed by atoms with Crippen LogP contribution in [0.2, 0.25) is 0 Å². The number of hydrogen-bond donors (Lipinski definition) is 2. The summed E-state index contributed by atoms with van der Waals surface area (Å²) in [5.41, 5.74) is 2.85. The molecule has 138 valence electrons. The monoisotopic (exact) mass is 353 g/mol. The van der Waals surface area contributed by atoms with Crippen molar-refractivity contribution in [3.05, 3.63) is 42.1 Å². The molecule has 0 bridgehead atoms. The predicted octanol–water partition coefficient (Wildman–Crippen LogP) is 3.19. The van der Waals surface area contributed by atoms with Crippen molar-refractivity contribution in [3.8, 4) is 5.75 Å². The summed E-state index contributed by atoms with van der Waals surface area (Å²) in [4.78, 5) is 18.7. The van der Waals surface area contributed by atoms with E-state index in [2.05, 4.69) is 27.3 Å². The maximum Gasteiger partial charge on any atom is 0.223 e. The Balaban J connectivity index is 1.62. The average molecular weight is 353 g/mol. The number of phenols is 1. The van der Waals surface area contributed by atoms with Crippen LogP contribution in [0.5, 0.6) is 5.75 Å². The number of amides is 1. The lowest BCUT2D eigenvalue weighted by Gasteiger charge is -2.22. The number of rotatable bonds is 6. The maximum atomic E-state index is 12.3. The van der Waals surface area contributed by atoms with E-state index >= 15 is 0 Å². The highest BCUT2D eigenvalue weighted by Crippen LogP contribution is 2.34. The van der Waals surface area contributed by atoms with Gasteiger partial charge in [0, 0.05) is 24.0 Å². The summed E-state index contributed by atoms with van der Waals surface area (Å²) in [6.07, 6.45) is 7.24. The molecule has 2 aromatic rings. The van der Waals surface area contributed by atoms with Crippen LogP contribution in [-0.4, -0.2) is 48.1 Å². The smallest absolute Gasteiger partial charge is 0.223 e. The minimum absolute atomic E-state index is 0.0498. The molecule has 1 aliphatic rings. The molecular formula is C21H27N3O2. The topological polar surface area (TPSA) is 65.5 Å². The first-order valence-electron chi connectivity index (χ1n) is 9.24. The number of nitrogens with zero attached hydrogens (tertiary/aromatic N) is 2. The van der Waals surface area contributed by atoms with Crippen LogP contribution in [0.25, 0.3) is 16.5 Å². The fraction of sp³-hybridized carbons (Fsp3) is 0.429. The van der Waals surface area contributed by atoms with Gasteiger partial charge < -0.3 is 15.3 Å². The molecule has 0 radical (unpaired) electrons. The first-order valence-corrected chi connectivity index (χ1v) is 9.24. The molecule has 1 aromatic carbocycles. The molecule has 0 saturated heterocycles. The first-order chi connectivity index (χ1) is 12.5. The van der Waals surface area contributed by atoms with Crippen molar-refractivity contribution in [1.82, 2.24) is 15.2 Å². The second-order valence-electron chi connectivity index (χ2n) is 7.22. The Morgan fingerprint density at radius 1 is 1.38 bits per heavy atom. The second kappa shape index (κ2) is 8.32. The average Bonchev–Trinajstić information content (AvgIpc) is 2.65. The number of fused-ring (bicyclic) bond motifs is 1. The van der Waals surface area contributed by atoms with Crippen molar-refractivity contribution in [2.75, 3.05) is 27.2 Å². The van der Waals surface area contributed by atoms with Crippen LogP contribution in [0.3, 0.4) is 0 Å². The van der Waals surface area contributed by atoms with E-state index in [-0.39, 0.29) is 17.6 Å². The molecule has 1 aliphatic carbocycles. The number of aromatic nitrogens is 1. The van der Waals surface area contributed by atoms with E-state index in [4.69, 9.17) is 0 Å². The van der Waals surface area contributed by atoms with Crippen molar-refractivity contribution in [3.63, 3.8) is 0 Å². The lowest BCUT2D eigenvalue weighted by atomic mass is 9.85. The lowest BCUT2D eigenvalue weighted by Crippen LogP contribution is -2.33. The molecule has 1 heterocycles. The van der Waals surface area contributed by atoms with Crippen molar-refractivity contribution in [1.29, 1.82) is 0 Å². The largest absolute Gasteiger partial charge is 0.506 e. The van der Waals surface area contributed by atoms with E-state index in [1.807, 2.05) is 26.2 Å². The third-order valence-corrected chi connectivity index (χ3v) is 4.92. The summed E-state index contributed by atoms with van der Waals surface area (Å²) in [7, 11) is 4.08. The van der Waals surface area contributed by atoms with Gasteiger partial charge in [0.2, 0.25) is 5.91 Å². The number of carbonyl (C=O) groups is 1. The molecule has 2 N–H and O–H groups in total. The number of aromatic hydroxyl groups is 1. The molecule has 1 atom stereocenters. The zero-order valence-electron chi connectivity index (χ0n) is 15.5. The van der Waals surface area contributed by atoms with Crippen LogP contribution >= 0.6 is 0 Å². The standard InChI is InChI=1S/C21H27N3O2/c1-24(2)12-4-11-23-21(26)16-8-6-15(7-9-16)18-13-17-5-3-10-22-20(17)19(25)14-18/h3,5-6,10,13-14,16,25H,4,7-9,11-12H2,1-2H3,(H,23,26). The zero-order chi connectivity index (χ0) is 18.5. The molecule has 26 heavy (non-hydrogen) atoms. The van der Waals surface area contributed by atoms with Crippen molar-refractivity contribution in [2.45, 2.75) is 25.7 Å². The maximum absolute atomic E-state index is 12.3. The van der Waals surface area contributed by atoms with E-state index in [1.165, 1.54) is 5.57 Å². The molecular weight excluding hydrogens is 326 g/mol. The van der Waals surface area contributed by atoms with Crippen molar-refractivity contribution < 1.29 is 9.90 Å². The van der Waals surface area contributed by atoms with Gasteiger partial charge in [-0.1, -0.05) is 12.1 Å². The highest BCUT2D eigenvalue weighted by Gasteiger charge is 2.22. The van der Waals surface area contributed by atoms with Crippen LogP contribution in [0, 0.1) is 5.92 Å². The SMILES string of the molecule is CN(C)CCCNC(=O)C1CC=C(c2cc(O)c3ncccc3c2)CC1. The van der Waals surface area contributed by atoms with Gasteiger partial charge in [-0.05, 0) is 75.7 Å². The fourth-order valence-electron chi connectivity index (χ4n) is 3.44. The summed E-state index contributed by atoms with van der Waals surface area (Å²) < 4.78 is 0. The van der Waals surface area contributed by atoms with Gasteiger partial charge in [0.15, 0.2) is 0 Å². The lowest BCUT2D eigenvalue weighted by molar-refractivity contribution is -0.125.